The molecule has 1 N–H and O–H groups in total. The first-order valence-corrected chi connectivity index (χ1v) is 10.1. The zero-order valence-corrected chi connectivity index (χ0v) is 15.6. The highest BCUT2D eigenvalue weighted by molar-refractivity contribution is 5.72. The highest BCUT2D eigenvalue weighted by atomic mass is 16.7. The van der Waals surface area contributed by atoms with Gasteiger partial charge in [-0.25, -0.2) is 0 Å². The molecule has 5 atom stereocenters. The number of cyclic esters (lactones) is 1. The molecular weight excluding hydrogens is 302 g/mol. The molecule has 0 bridgehead atoms. The van der Waals surface area contributed by atoms with Crippen LogP contribution in [0.2, 0.25) is 0 Å². The number of rotatable bonds is 5. The van der Waals surface area contributed by atoms with Crippen LogP contribution < -0.4 is 5.32 Å². The second-order valence-electron chi connectivity index (χ2n) is 8.67. The molecule has 1 heterocycles. The number of hydrogen-bond acceptors (Lipinski definition) is 4. The van der Waals surface area contributed by atoms with Crippen molar-refractivity contribution in [2.24, 2.45) is 17.8 Å². The summed E-state index contributed by atoms with van der Waals surface area (Å²) in [4.78, 5) is 11.9. The summed E-state index contributed by atoms with van der Waals surface area (Å²) >= 11 is 0. The van der Waals surface area contributed by atoms with Crippen molar-refractivity contribution in [3.05, 3.63) is 0 Å². The average Bonchev–Trinajstić information content (AvgIpc) is 2.87. The van der Waals surface area contributed by atoms with Crippen LogP contribution in [0.5, 0.6) is 0 Å². The topological polar surface area (TPSA) is 47.6 Å². The monoisotopic (exact) mass is 337 g/mol. The van der Waals surface area contributed by atoms with Crippen LogP contribution in [0, 0.1) is 17.8 Å². The molecule has 3 aliphatic rings. The smallest absolute Gasteiger partial charge is 0.309 e. The Bertz CT molecular complexity index is 419. The number of nitrogens with one attached hydrogen (secondary N) is 1. The summed E-state index contributed by atoms with van der Waals surface area (Å²) in [5, 5.41) is 3.67. The molecule has 138 valence electrons. The fraction of sp³-hybridized carbons (Fsp3) is 0.950. The molecule has 3 rings (SSSR count). The Kier molecular flexibility index (Phi) is 6.20. The maximum atomic E-state index is 11.9. The molecular formula is C20H35NO3. The third-order valence-corrected chi connectivity index (χ3v) is 6.29. The van der Waals surface area contributed by atoms with Gasteiger partial charge >= 0.3 is 5.97 Å². The lowest BCUT2D eigenvalue weighted by Gasteiger charge is -2.39. The first-order chi connectivity index (χ1) is 11.5. The zero-order chi connectivity index (χ0) is 17.1. The summed E-state index contributed by atoms with van der Waals surface area (Å²) < 4.78 is 12.0. The van der Waals surface area contributed by atoms with Gasteiger partial charge in [-0.05, 0) is 43.4 Å². The molecule has 0 aromatic heterocycles. The van der Waals surface area contributed by atoms with Crippen molar-refractivity contribution in [1.82, 2.24) is 5.32 Å². The van der Waals surface area contributed by atoms with Crippen molar-refractivity contribution in [3.63, 3.8) is 0 Å². The lowest BCUT2D eigenvalue weighted by Crippen LogP contribution is -2.47. The Morgan fingerprint density at radius 3 is 2.58 bits per heavy atom. The Balaban J connectivity index is 1.61. The van der Waals surface area contributed by atoms with Crippen molar-refractivity contribution >= 4 is 5.97 Å². The van der Waals surface area contributed by atoms with E-state index < -0.39 is 6.29 Å². The summed E-state index contributed by atoms with van der Waals surface area (Å²) in [6, 6.07) is 0.557. The van der Waals surface area contributed by atoms with Gasteiger partial charge in [0.15, 0.2) is 0 Å². The SMILES string of the molecule is CC(C)[C@@H]1CC[C@H](C)C[C@H]1O[C@@H]1OC(=O)C[C@H]1NC1CCCCC1. The normalized spacial score (nSPS) is 38.5. The molecule has 24 heavy (non-hydrogen) atoms. The van der Waals surface area contributed by atoms with E-state index in [1.807, 2.05) is 0 Å². The van der Waals surface area contributed by atoms with Gasteiger partial charge in [0, 0.05) is 6.04 Å². The van der Waals surface area contributed by atoms with Crippen LogP contribution in [-0.2, 0) is 14.3 Å². The second kappa shape index (κ2) is 8.18. The molecule has 0 aromatic rings. The van der Waals surface area contributed by atoms with E-state index in [1.54, 1.807) is 0 Å². The Hall–Kier alpha value is -0.610. The van der Waals surface area contributed by atoms with Gasteiger partial charge in [0.1, 0.15) is 0 Å². The lowest BCUT2D eigenvalue weighted by atomic mass is 9.75. The Morgan fingerprint density at radius 1 is 1.12 bits per heavy atom. The van der Waals surface area contributed by atoms with Crippen LogP contribution in [0.3, 0.4) is 0 Å². The highest BCUT2D eigenvalue weighted by Gasteiger charge is 2.41. The number of ether oxygens (including phenoxy) is 2. The minimum Gasteiger partial charge on any atom is -0.434 e. The van der Waals surface area contributed by atoms with Crippen LogP contribution in [0.1, 0.15) is 78.6 Å². The van der Waals surface area contributed by atoms with Crippen molar-refractivity contribution in [2.75, 3.05) is 0 Å². The van der Waals surface area contributed by atoms with Crippen LogP contribution in [0.15, 0.2) is 0 Å². The van der Waals surface area contributed by atoms with E-state index in [-0.39, 0.29) is 18.1 Å². The van der Waals surface area contributed by atoms with Crippen LogP contribution >= 0.6 is 0 Å². The Labute approximate surface area is 147 Å². The molecule has 0 spiro atoms. The molecule has 4 heteroatoms. The van der Waals surface area contributed by atoms with E-state index in [2.05, 4.69) is 26.1 Å². The highest BCUT2D eigenvalue weighted by Crippen LogP contribution is 2.37. The molecule has 1 saturated heterocycles. The van der Waals surface area contributed by atoms with Gasteiger partial charge in [-0.2, -0.15) is 0 Å². The van der Waals surface area contributed by atoms with Gasteiger partial charge in [-0.3, -0.25) is 4.79 Å². The van der Waals surface area contributed by atoms with Crippen molar-refractivity contribution < 1.29 is 14.3 Å². The van der Waals surface area contributed by atoms with E-state index in [9.17, 15) is 4.79 Å². The molecule has 2 saturated carbocycles. The molecule has 2 aliphatic carbocycles. The predicted molar refractivity (Wildman–Crippen MR) is 94.5 cm³/mol. The number of carbonyl (C=O) groups excluding carboxylic acids is 1. The lowest BCUT2D eigenvalue weighted by molar-refractivity contribution is -0.191. The van der Waals surface area contributed by atoms with E-state index in [1.165, 1.54) is 44.9 Å². The fourth-order valence-electron chi connectivity index (χ4n) is 4.81. The fourth-order valence-corrected chi connectivity index (χ4v) is 4.81. The van der Waals surface area contributed by atoms with Gasteiger partial charge < -0.3 is 14.8 Å². The Morgan fingerprint density at radius 2 is 1.88 bits per heavy atom. The van der Waals surface area contributed by atoms with Gasteiger partial charge in [0.25, 0.3) is 0 Å². The van der Waals surface area contributed by atoms with E-state index in [4.69, 9.17) is 9.47 Å². The number of hydrogen-bond donors (Lipinski definition) is 1. The molecule has 4 nitrogen and oxygen atoms in total. The number of carbonyl (C=O) groups is 1. The van der Waals surface area contributed by atoms with E-state index in [0.29, 0.717) is 30.2 Å². The van der Waals surface area contributed by atoms with Crippen LogP contribution in [-0.4, -0.2) is 30.4 Å². The first kappa shape index (κ1) is 18.2. The molecule has 0 aromatic carbocycles. The zero-order valence-electron chi connectivity index (χ0n) is 15.6. The molecule has 1 aliphatic heterocycles. The maximum Gasteiger partial charge on any atom is 0.309 e. The first-order valence-electron chi connectivity index (χ1n) is 10.1. The standard InChI is InChI=1S/C20H35NO3/c1-13(2)16-10-9-14(3)11-18(16)23-20-17(12-19(22)24-20)21-15-7-5-4-6-8-15/h13-18,20-21H,4-12H2,1-3H3/t14-,16-,17+,18+,20+/m0/s1. The third kappa shape index (κ3) is 4.51. The molecule has 0 amide bonds. The average molecular weight is 338 g/mol. The van der Waals surface area contributed by atoms with E-state index in [0.717, 1.165) is 6.42 Å². The van der Waals surface area contributed by atoms with Gasteiger partial charge in [-0.15, -0.1) is 0 Å². The summed E-state index contributed by atoms with van der Waals surface area (Å²) in [5.74, 6) is 1.78. The summed E-state index contributed by atoms with van der Waals surface area (Å²) in [6.45, 7) is 6.89. The number of esters is 1. The van der Waals surface area contributed by atoms with Crippen molar-refractivity contribution in [3.8, 4) is 0 Å². The van der Waals surface area contributed by atoms with Crippen molar-refractivity contribution in [1.29, 1.82) is 0 Å². The maximum absolute atomic E-state index is 11.9. The quantitative estimate of drug-likeness (QED) is 0.770. The summed E-state index contributed by atoms with van der Waals surface area (Å²) in [6.07, 6.45) is 10.2. The van der Waals surface area contributed by atoms with Crippen LogP contribution in [0.4, 0.5) is 0 Å². The van der Waals surface area contributed by atoms with Crippen molar-refractivity contribution in [2.45, 2.75) is 103 Å². The van der Waals surface area contributed by atoms with Crippen LogP contribution in [0.25, 0.3) is 0 Å². The van der Waals surface area contributed by atoms with Gasteiger partial charge in [0.2, 0.25) is 6.29 Å². The minimum atomic E-state index is -0.393. The third-order valence-electron chi connectivity index (χ3n) is 6.29. The van der Waals surface area contributed by atoms with Gasteiger partial charge in [0.05, 0.1) is 18.6 Å². The summed E-state index contributed by atoms with van der Waals surface area (Å²) in [5.41, 5.74) is 0. The molecule has 3 fully saturated rings. The molecule has 0 unspecified atom stereocenters. The van der Waals surface area contributed by atoms with Gasteiger partial charge in [-0.1, -0.05) is 46.5 Å². The predicted octanol–water partition coefficient (Wildman–Crippen LogP) is 4.03. The van der Waals surface area contributed by atoms with E-state index >= 15 is 0 Å². The largest absolute Gasteiger partial charge is 0.434 e. The molecule has 0 radical (unpaired) electrons. The second-order valence-corrected chi connectivity index (χ2v) is 8.67. The minimum absolute atomic E-state index is 0.0330. The summed E-state index contributed by atoms with van der Waals surface area (Å²) in [7, 11) is 0.